The van der Waals surface area contributed by atoms with Crippen molar-refractivity contribution in [2.75, 3.05) is 24.7 Å². The van der Waals surface area contributed by atoms with Crippen LogP contribution >= 0.6 is 23.5 Å². The number of ether oxygens (including phenoxy) is 1. The van der Waals surface area contributed by atoms with E-state index in [9.17, 15) is 10.2 Å². The quantitative estimate of drug-likeness (QED) is 0.714. The van der Waals surface area contributed by atoms with Crippen molar-refractivity contribution in [3.63, 3.8) is 0 Å². The van der Waals surface area contributed by atoms with Gasteiger partial charge >= 0.3 is 0 Å². The molecule has 1 aliphatic rings. The van der Waals surface area contributed by atoms with Gasteiger partial charge in [0, 0.05) is 0 Å². The Morgan fingerprint density at radius 2 is 1.86 bits per heavy atom. The van der Waals surface area contributed by atoms with Gasteiger partial charge in [-0.15, -0.1) is 23.5 Å². The van der Waals surface area contributed by atoms with Crippen molar-refractivity contribution >= 4 is 23.5 Å². The van der Waals surface area contributed by atoms with Gasteiger partial charge in [-0.05, 0) is 11.5 Å². The van der Waals surface area contributed by atoms with E-state index in [1.807, 2.05) is 0 Å². The van der Waals surface area contributed by atoms with Crippen molar-refractivity contribution in [3.8, 4) is 0 Å². The lowest BCUT2D eigenvalue weighted by molar-refractivity contribution is -0.0877. The molecule has 1 rings (SSSR count). The lowest BCUT2D eigenvalue weighted by Gasteiger charge is -2.42. The van der Waals surface area contributed by atoms with Crippen molar-refractivity contribution in [1.29, 1.82) is 0 Å². The molecule has 14 heavy (non-hydrogen) atoms. The van der Waals surface area contributed by atoms with Crippen LogP contribution in [0.1, 0.15) is 13.8 Å². The molecule has 0 bridgehead atoms. The number of hydrogen-bond acceptors (Lipinski definition) is 5. The largest absolute Gasteiger partial charge is 0.388 e. The highest BCUT2D eigenvalue weighted by Crippen LogP contribution is 2.43. The molecule has 0 radical (unpaired) electrons. The molecule has 0 aliphatic carbocycles. The second kappa shape index (κ2) is 5.61. The molecule has 0 aromatic rings. The topological polar surface area (TPSA) is 49.7 Å². The van der Waals surface area contributed by atoms with Gasteiger partial charge in [0.05, 0.1) is 13.2 Å². The van der Waals surface area contributed by atoms with Gasteiger partial charge in [0.15, 0.2) is 0 Å². The average molecular weight is 238 g/mol. The van der Waals surface area contributed by atoms with Crippen molar-refractivity contribution < 1.29 is 14.9 Å². The zero-order chi connectivity index (χ0) is 10.6. The predicted molar refractivity (Wildman–Crippen MR) is 61.8 cm³/mol. The van der Waals surface area contributed by atoms with E-state index in [0.29, 0.717) is 6.61 Å². The summed E-state index contributed by atoms with van der Waals surface area (Å²) in [6.45, 7) is 4.87. The molecule has 2 N–H and O–H groups in total. The lowest BCUT2D eigenvalue weighted by atomic mass is 10.1. The summed E-state index contributed by atoms with van der Waals surface area (Å²) in [5.41, 5.74) is 0. The molecular formula is C9H18O3S2. The molecule has 1 saturated heterocycles. The van der Waals surface area contributed by atoms with Crippen LogP contribution < -0.4 is 0 Å². The summed E-state index contributed by atoms with van der Waals surface area (Å²) in [4.78, 5) is 0. The van der Waals surface area contributed by atoms with Crippen LogP contribution in [0.15, 0.2) is 0 Å². The minimum absolute atomic E-state index is 0.247. The molecule has 1 aliphatic heterocycles. The van der Waals surface area contributed by atoms with Crippen LogP contribution in [0.25, 0.3) is 0 Å². The van der Waals surface area contributed by atoms with Crippen LogP contribution in [0.4, 0.5) is 0 Å². The SMILES string of the molecule is CCSC1(SCC)COC[C@@H](O)[C@H]1O. The molecule has 0 saturated carbocycles. The fourth-order valence-electron chi connectivity index (χ4n) is 1.58. The van der Waals surface area contributed by atoms with Crippen molar-refractivity contribution in [1.82, 2.24) is 0 Å². The van der Waals surface area contributed by atoms with Crippen molar-refractivity contribution in [2.24, 2.45) is 0 Å². The zero-order valence-corrected chi connectivity index (χ0v) is 10.2. The highest BCUT2D eigenvalue weighted by molar-refractivity contribution is 8.18. The molecule has 1 heterocycles. The van der Waals surface area contributed by atoms with E-state index in [-0.39, 0.29) is 10.7 Å². The molecule has 5 heteroatoms. The van der Waals surface area contributed by atoms with Gasteiger partial charge < -0.3 is 14.9 Å². The maximum atomic E-state index is 9.98. The standard InChI is InChI=1S/C9H18O3S2/c1-3-13-9(14-4-2)6-12-5-7(10)8(9)11/h7-8,10-11H,3-6H2,1-2H3/t7-,8-/m1/s1. The maximum absolute atomic E-state index is 9.98. The van der Waals surface area contributed by atoms with E-state index in [0.717, 1.165) is 11.5 Å². The Labute approximate surface area is 93.6 Å². The van der Waals surface area contributed by atoms with Crippen molar-refractivity contribution in [3.05, 3.63) is 0 Å². The van der Waals surface area contributed by atoms with E-state index in [4.69, 9.17) is 4.74 Å². The van der Waals surface area contributed by atoms with Crippen LogP contribution in [0.2, 0.25) is 0 Å². The summed E-state index contributed by atoms with van der Waals surface area (Å²) in [5, 5.41) is 19.5. The van der Waals surface area contributed by atoms with Gasteiger partial charge in [-0.3, -0.25) is 0 Å². The minimum atomic E-state index is -0.748. The summed E-state index contributed by atoms with van der Waals surface area (Å²) >= 11 is 3.33. The number of hydrogen-bond donors (Lipinski definition) is 2. The number of aliphatic hydroxyl groups excluding tert-OH is 2. The molecule has 84 valence electrons. The third-order valence-electron chi connectivity index (χ3n) is 2.18. The van der Waals surface area contributed by atoms with Crippen LogP contribution in [0, 0.1) is 0 Å². The second-order valence-electron chi connectivity index (χ2n) is 3.21. The van der Waals surface area contributed by atoms with Crippen LogP contribution in [-0.2, 0) is 4.74 Å². The van der Waals surface area contributed by atoms with Crippen molar-refractivity contribution in [2.45, 2.75) is 30.1 Å². The maximum Gasteiger partial charge on any atom is 0.113 e. The summed E-state index contributed by atoms with van der Waals surface area (Å²) in [7, 11) is 0. The Kier molecular flexibility index (Phi) is 5.06. The van der Waals surface area contributed by atoms with Crippen LogP contribution in [0.5, 0.6) is 0 Å². The zero-order valence-electron chi connectivity index (χ0n) is 8.60. The fraction of sp³-hybridized carbons (Fsp3) is 1.00. The summed E-state index contributed by atoms with van der Waals surface area (Å²) in [6.07, 6.45) is -1.44. The first-order valence-corrected chi connectivity index (χ1v) is 6.85. The van der Waals surface area contributed by atoms with Gasteiger partial charge in [0.2, 0.25) is 0 Å². The third kappa shape index (κ3) is 2.58. The third-order valence-corrected chi connectivity index (χ3v) is 5.16. The Hall–Kier alpha value is 0.580. The van der Waals surface area contributed by atoms with E-state index in [1.54, 1.807) is 23.5 Å². The first-order valence-electron chi connectivity index (χ1n) is 4.88. The Bertz CT molecular complexity index is 166. The molecule has 0 aromatic carbocycles. The number of rotatable bonds is 4. The van der Waals surface area contributed by atoms with Gasteiger partial charge in [0.25, 0.3) is 0 Å². The Morgan fingerprint density at radius 3 is 2.36 bits per heavy atom. The first kappa shape index (κ1) is 12.6. The molecule has 2 atom stereocenters. The molecule has 3 nitrogen and oxygen atoms in total. The van der Waals surface area contributed by atoms with E-state index in [1.165, 1.54) is 0 Å². The molecule has 1 fully saturated rings. The Morgan fingerprint density at radius 1 is 1.29 bits per heavy atom. The van der Waals surface area contributed by atoms with Gasteiger partial charge in [-0.2, -0.15) is 0 Å². The average Bonchev–Trinajstić information content (AvgIpc) is 2.15. The Balaban J connectivity index is 2.71. The van der Waals surface area contributed by atoms with E-state index < -0.39 is 12.2 Å². The van der Waals surface area contributed by atoms with Gasteiger partial charge in [0.1, 0.15) is 16.3 Å². The van der Waals surface area contributed by atoms with E-state index in [2.05, 4.69) is 13.8 Å². The minimum Gasteiger partial charge on any atom is -0.388 e. The monoisotopic (exact) mass is 238 g/mol. The molecule has 0 aromatic heterocycles. The predicted octanol–water partition coefficient (Wildman–Crippen LogP) is 0.941. The second-order valence-corrected chi connectivity index (χ2v) is 6.65. The fourth-order valence-corrected chi connectivity index (χ4v) is 4.58. The first-order chi connectivity index (χ1) is 6.66. The molecule has 0 amide bonds. The van der Waals surface area contributed by atoms with E-state index >= 15 is 0 Å². The summed E-state index contributed by atoms with van der Waals surface area (Å²) < 4.78 is 4.95. The smallest absolute Gasteiger partial charge is 0.113 e. The van der Waals surface area contributed by atoms with Gasteiger partial charge in [-0.25, -0.2) is 0 Å². The van der Waals surface area contributed by atoms with Gasteiger partial charge in [-0.1, -0.05) is 13.8 Å². The highest BCUT2D eigenvalue weighted by atomic mass is 32.2. The van der Waals surface area contributed by atoms with Crippen LogP contribution in [0.3, 0.4) is 0 Å². The molecule has 0 spiro atoms. The van der Waals surface area contributed by atoms with Crippen LogP contribution in [-0.4, -0.2) is 51.2 Å². The molecule has 0 unspecified atom stereocenters. The lowest BCUT2D eigenvalue weighted by Crippen LogP contribution is -2.53. The summed E-state index contributed by atoms with van der Waals surface area (Å²) in [6, 6.07) is 0. The normalized spacial score (nSPS) is 31.7. The number of thioether (sulfide) groups is 2. The highest BCUT2D eigenvalue weighted by Gasteiger charge is 2.45. The molecular weight excluding hydrogens is 220 g/mol. The summed E-state index contributed by atoms with van der Waals surface area (Å²) in [5.74, 6) is 1.83. The number of aliphatic hydroxyl groups is 2.